The lowest BCUT2D eigenvalue weighted by molar-refractivity contribution is -0.137. The van der Waals surface area contributed by atoms with Gasteiger partial charge < -0.3 is 9.58 Å². The summed E-state index contributed by atoms with van der Waals surface area (Å²) in [5, 5.41) is 1.79. The smallest absolute Gasteiger partial charge is 0.327 e. The lowest BCUT2D eigenvalue weighted by Crippen LogP contribution is -2.37. The average molecular weight is 446 g/mol. The van der Waals surface area contributed by atoms with Crippen molar-refractivity contribution in [3.8, 4) is 0 Å². The quantitative estimate of drug-likeness (QED) is 0.711. The minimum absolute atomic E-state index is 0.0854. The summed E-state index contributed by atoms with van der Waals surface area (Å²) >= 11 is 0. The molecule has 1 atom stereocenters. The Morgan fingerprint density at radius 1 is 1.27 bits per heavy atom. The van der Waals surface area contributed by atoms with Gasteiger partial charge >= 0.3 is 6.18 Å². The van der Waals surface area contributed by atoms with E-state index in [9.17, 15) is 21.6 Å². The van der Waals surface area contributed by atoms with Crippen LogP contribution in [-0.4, -0.2) is 35.6 Å². The first kappa shape index (κ1) is 22.6. The van der Waals surface area contributed by atoms with Gasteiger partial charge in [-0.1, -0.05) is 0 Å². The number of halogens is 3. The summed E-state index contributed by atoms with van der Waals surface area (Å²) in [5.41, 5.74) is 3.60. The van der Waals surface area contributed by atoms with Crippen LogP contribution in [0.3, 0.4) is 0 Å². The second-order valence-corrected chi connectivity index (χ2v) is 9.30. The first-order valence-corrected chi connectivity index (χ1v) is 11.2. The number of aryl methyl sites for hydroxylation is 1. The zero-order chi connectivity index (χ0) is 22.4. The van der Waals surface area contributed by atoms with E-state index in [-0.39, 0.29) is 17.5 Å². The molecule has 0 aliphatic carbocycles. The number of rotatable bonds is 6. The number of imidazole rings is 1. The van der Waals surface area contributed by atoms with Crippen LogP contribution in [0, 0.1) is 0 Å². The summed E-state index contributed by atoms with van der Waals surface area (Å²) in [4.78, 5) is 4.64. The highest BCUT2D eigenvalue weighted by molar-refractivity contribution is 7.93. The molecule has 1 aromatic heterocycles. The Balaban J connectivity index is 1.96. The molecule has 0 fully saturated rings. The van der Waals surface area contributed by atoms with Gasteiger partial charge in [-0.2, -0.15) is 13.2 Å². The Kier molecular flexibility index (Phi) is 5.91. The van der Waals surface area contributed by atoms with Gasteiger partial charge in [-0.05, 0) is 52.8 Å². The van der Waals surface area contributed by atoms with E-state index in [1.54, 1.807) is 30.3 Å². The molecule has 0 saturated carbocycles. The van der Waals surface area contributed by atoms with E-state index in [1.807, 2.05) is 13.8 Å². The number of benzene rings is 1. The van der Waals surface area contributed by atoms with Crippen LogP contribution in [0.15, 0.2) is 28.8 Å². The molecule has 11 heteroatoms. The summed E-state index contributed by atoms with van der Waals surface area (Å²) in [6, 6.07) is 2.69. The van der Waals surface area contributed by atoms with Crippen LogP contribution in [0.5, 0.6) is 0 Å². The van der Waals surface area contributed by atoms with Crippen molar-refractivity contribution in [2.24, 2.45) is 0 Å². The highest BCUT2D eigenvalue weighted by Gasteiger charge is 2.33. The Morgan fingerprint density at radius 3 is 2.47 bits per heavy atom. The average Bonchev–Trinajstić information content (AvgIpc) is 3.20. The summed E-state index contributed by atoms with van der Waals surface area (Å²) in [5.74, 6) is 0.361. The minimum atomic E-state index is -4.47. The second-order valence-electron chi connectivity index (χ2n) is 7.57. The van der Waals surface area contributed by atoms with E-state index in [1.165, 1.54) is 6.07 Å². The third kappa shape index (κ3) is 4.06. The number of nitrogens with zero attached hydrogens (tertiary/aromatic N) is 3. The van der Waals surface area contributed by atoms with E-state index in [2.05, 4.69) is 15.1 Å². The van der Waals surface area contributed by atoms with Crippen molar-refractivity contribution < 1.29 is 21.6 Å². The topological polar surface area (TPSA) is 79.3 Å². The molecule has 3 rings (SSSR count). The monoisotopic (exact) mass is 445 g/mol. The first-order valence-electron chi connectivity index (χ1n) is 9.69. The molecule has 0 spiro atoms. The van der Waals surface area contributed by atoms with E-state index < -0.39 is 27.8 Å². The molecular formula is C19H26F3N5O2S. The number of nitrogens with one attached hydrogen (secondary N) is 2. The molecule has 166 valence electrons. The molecule has 2 heterocycles. The van der Waals surface area contributed by atoms with Crippen molar-refractivity contribution in [3.63, 3.8) is 0 Å². The zero-order valence-electron chi connectivity index (χ0n) is 17.5. The number of hydrogen-bond donors (Lipinski definition) is 2. The van der Waals surface area contributed by atoms with Crippen LogP contribution in [0.4, 0.5) is 13.2 Å². The van der Waals surface area contributed by atoms with Gasteiger partial charge in [-0.25, -0.2) is 23.5 Å². The molecule has 2 aromatic rings. The molecule has 1 aliphatic heterocycles. The summed E-state index contributed by atoms with van der Waals surface area (Å²) in [6.07, 6.45) is -4.47. The fourth-order valence-electron chi connectivity index (χ4n) is 3.73. The SMILES string of the molecule is CCn1c([C@@H](C)NS(=O)(=O)C2=C(C)N(C(C)C)NC2)nc2ccc(C(F)(F)F)cc21. The molecule has 0 radical (unpaired) electrons. The summed E-state index contributed by atoms with van der Waals surface area (Å²) in [6.45, 7) is 9.56. The number of hydrazine groups is 1. The predicted molar refractivity (Wildman–Crippen MR) is 109 cm³/mol. The van der Waals surface area contributed by atoms with Crippen molar-refractivity contribution in [3.05, 3.63) is 40.2 Å². The molecule has 0 amide bonds. The predicted octanol–water partition coefficient (Wildman–Crippen LogP) is 3.52. The zero-order valence-corrected chi connectivity index (χ0v) is 18.3. The number of aromatic nitrogens is 2. The maximum Gasteiger partial charge on any atom is 0.416 e. The Labute approximate surface area is 174 Å². The Bertz CT molecular complexity index is 1090. The van der Waals surface area contributed by atoms with E-state index in [4.69, 9.17) is 0 Å². The molecule has 0 unspecified atom stereocenters. The fraction of sp³-hybridized carbons (Fsp3) is 0.526. The van der Waals surface area contributed by atoms with Gasteiger partial charge in [0.2, 0.25) is 10.0 Å². The van der Waals surface area contributed by atoms with Crippen LogP contribution in [0.25, 0.3) is 11.0 Å². The van der Waals surface area contributed by atoms with Gasteiger partial charge in [0.1, 0.15) is 5.82 Å². The largest absolute Gasteiger partial charge is 0.416 e. The normalized spacial score (nSPS) is 16.9. The van der Waals surface area contributed by atoms with E-state index in [0.29, 0.717) is 29.1 Å². The molecule has 2 N–H and O–H groups in total. The second kappa shape index (κ2) is 7.86. The van der Waals surface area contributed by atoms with Gasteiger partial charge in [0.05, 0.1) is 34.1 Å². The number of fused-ring (bicyclic) bond motifs is 1. The van der Waals surface area contributed by atoms with E-state index >= 15 is 0 Å². The summed E-state index contributed by atoms with van der Waals surface area (Å²) < 4.78 is 69.5. The maximum absolute atomic E-state index is 13.1. The lowest BCUT2D eigenvalue weighted by atomic mass is 10.2. The minimum Gasteiger partial charge on any atom is -0.327 e. The molecule has 1 aromatic carbocycles. The van der Waals surface area contributed by atoms with Crippen molar-refractivity contribution in [1.29, 1.82) is 0 Å². The highest BCUT2D eigenvalue weighted by Crippen LogP contribution is 2.32. The van der Waals surface area contributed by atoms with Crippen LogP contribution in [0.2, 0.25) is 0 Å². The van der Waals surface area contributed by atoms with Gasteiger partial charge in [0.25, 0.3) is 0 Å². The van der Waals surface area contributed by atoms with Crippen LogP contribution in [0.1, 0.15) is 52.0 Å². The van der Waals surface area contributed by atoms with E-state index in [0.717, 1.165) is 12.1 Å². The van der Waals surface area contributed by atoms with Gasteiger partial charge in [-0.15, -0.1) is 0 Å². The number of sulfonamides is 1. The van der Waals surface area contributed by atoms with Crippen molar-refractivity contribution in [2.75, 3.05) is 6.54 Å². The Hall–Kier alpha value is -2.11. The third-order valence-electron chi connectivity index (χ3n) is 5.16. The van der Waals surface area contributed by atoms with Crippen LogP contribution in [-0.2, 0) is 22.7 Å². The van der Waals surface area contributed by atoms with Crippen molar-refractivity contribution >= 4 is 21.1 Å². The highest BCUT2D eigenvalue weighted by atomic mass is 32.2. The molecule has 0 saturated heterocycles. The summed E-state index contributed by atoms with van der Waals surface area (Å²) in [7, 11) is -3.82. The third-order valence-corrected chi connectivity index (χ3v) is 6.91. The van der Waals surface area contributed by atoms with Crippen molar-refractivity contribution in [1.82, 2.24) is 24.7 Å². The molecule has 1 aliphatic rings. The molecule has 30 heavy (non-hydrogen) atoms. The molecule has 0 bridgehead atoms. The Morgan fingerprint density at radius 2 is 1.93 bits per heavy atom. The van der Waals surface area contributed by atoms with Gasteiger partial charge in [0, 0.05) is 18.3 Å². The first-order chi connectivity index (χ1) is 13.9. The van der Waals surface area contributed by atoms with Crippen LogP contribution < -0.4 is 10.1 Å². The number of alkyl halides is 3. The lowest BCUT2D eigenvalue weighted by Gasteiger charge is -2.24. The molecular weight excluding hydrogens is 419 g/mol. The van der Waals surface area contributed by atoms with Crippen molar-refractivity contribution in [2.45, 2.75) is 59.4 Å². The standard InChI is InChI=1S/C19H26F3N5O2S/c1-6-26-16-9-14(19(20,21)22)7-8-15(16)24-18(26)12(4)25-30(28,29)17-10-23-27(11(2)3)13(17)5/h7-9,11-12,23,25H,6,10H2,1-5H3/t12-/m1/s1. The number of allylic oxidation sites excluding steroid dienone is 1. The van der Waals surface area contributed by atoms with Crippen LogP contribution >= 0.6 is 0 Å². The fourth-order valence-corrected chi connectivity index (χ4v) is 5.19. The van der Waals surface area contributed by atoms with Gasteiger partial charge in [0.15, 0.2) is 0 Å². The molecule has 7 nitrogen and oxygen atoms in total. The van der Waals surface area contributed by atoms with Gasteiger partial charge in [-0.3, -0.25) is 0 Å². The number of hydrogen-bond acceptors (Lipinski definition) is 5. The maximum atomic E-state index is 13.1.